The molecule has 0 radical (unpaired) electrons. The molecule has 1 aliphatic rings. The van der Waals surface area contributed by atoms with Gasteiger partial charge < -0.3 is 5.32 Å². The van der Waals surface area contributed by atoms with Crippen LogP contribution in [0.2, 0.25) is 0 Å². The van der Waals surface area contributed by atoms with Crippen molar-refractivity contribution in [2.75, 3.05) is 13.1 Å². The number of nitrogens with one attached hydrogen (secondary N) is 2. The molecule has 0 spiro atoms. The van der Waals surface area contributed by atoms with Crippen molar-refractivity contribution in [3.8, 4) is 0 Å². The number of rotatable bonds is 8. The normalized spacial score (nSPS) is 16.4. The molecule has 0 amide bonds. The van der Waals surface area contributed by atoms with E-state index in [1.807, 2.05) is 24.3 Å². The highest BCUT2D eigenvalue weighted by atomic mass is 32.2. The van der Waals surface area contributed by atoms with Crippen LogP contribution < -0.4 is 10.0 Å². The topological polar surface area (TPSA) is 58.2 Å². The van der Waals surface area contributed by atoms with Gasteiger partial charge in [0, 0.05) is 13.1 Å². The van der Waals surface area contributed by atoms with Gasteiger partial charge in [0.05, 0.1) is 5.75 Å². The van der Waals surface area contributed by atoms with Gasteiger partial charge in [-0.05, 0) is 36.4 Å². The minimum absolute atomic E-state index is 0.0691. The second kappa shape index (κ2) is 7.92. The van der Waals surface area contributed by atoms with Crippen molar-refractivity contribution in [2.24, 2.45) is 5.92 Å². The lowest BCUT2D eigenvalue weighted by molar-refractivity contribution is 0.519. The summed E-state index contributed by atoms with van der Waals surface area (Å²) in [5.74, 6) is 0.597. The zero-order chi connectivity index (χ0) is 15.1. The molecule has 0 saturated heterocycles. The first-order valence-corrected chi connectivity index (χ1v) is 9.50. The molecule has 0 bridgehead atoms. The summed E-state index contributed by atoms with van der Waals surface area (Å²) in [7, 11) is -3.23. The van der Waals surface area contributed by atoms with Gasteiger partial charge in [0.2, 0.25) is 10.0 Å². The Bertz CT molecular complexity index is 537. The van der Waals surface area contributed by atoms with E-state index in [4.69, 9.17) is 0 Å². The van der Waals surface area contributed by atoms with Crippen molar-refractivity contribution in [3.05, 3.63) is 35.4 Å². The molecule has 2 N–H and O–H groups in total. The minimum Gasteiger partial charge on any atom is -0.313 e. The Morgan fingerprint density at radius 2 is 1.90 bits per heavy atom. The van der Waals surface area contributed by atoms with E-state index >= 15 is 0 Å². The fourth-order valence-electron chi connectivity index (χ4n) is 2.83. The van der Waals surface area contributed by atoms with E-state index in [-0.39, 0.29) is 5.75 Å². The molecule has 0 heterocycles. The average Bonchev–Trinajstić information content (AvgIpc) is 2.96. The zero-order valence-corrected chi connectivity index (χ0v) is 13.6. The number of sulfonamides is 1. The van der Waals surface area contributed by atoms with Crippen LogP contribution in [0.1, 0.15) is 43.7 Å². The quantitative estimate of drug-likeness (QED) is 0.775. The van der Waals surface area contributed by atoms with Crippen LogP contribution in [-0.2, 0) is 22.3 Å². The maximum Gasteiger partial charge on any atom is 0.215 e. The molecule has 0 atom stereocenters. The van der Waals surface area contributed by atoms with E-state index in [9.17, 15) is 8.42 Å². The van der Waals surface area contributed by atoms with E-state index in [1.54, 1.807) is 0 Å². The predicted molar refractivity (Wildman–Crippen MR) is 86.4 cm³/mol. The van der Waals surface area contributed by atoms with Gasteiger partial charge in [0.15, 0.2) is 0 Å². The third-order valence-corrected chi connectivity index (χ3v) is 5.31. The van der Waals surface area contributed by atoms with Crippen LogP contribution in [0.4, 0.5) is 0 Å². The lowest BCUT2D eigenvalue weighted by Gasteiger charge is -2.12. The van der Waals surface area contributed by atoms with Gasteiger partial charge in [-0.2, -0.15) is 0 Å². The fourth-order valence-corrected chi connectivity index (χ4v) is 4.04. The molecule has 1 saturated carbocycles. The molecular weight excluding hydrogens is 284 g/mol. The monoisotopic (exact) mass is 310 g/mol. The van der Waals surface area contributed by atoms with Crippen LogP contribution in [0.15, 0.2) is 24.3 Å². The summed E-state index contributed by atoms with van der Waals surface area (Å²) < 4.78 is 27.1. The number of benzene rings is 1. The Balaban J connectivity index is 1.89. The van der Waals surface area contributed by atoms with E-state index < -0.39 is 10.0 Å². The third-order valence-electron chi connectivity index (χ3n) is 3.99. The molecule has 21 heavy (non-hydrogen) atoms. The highest BCUT2D eigenvalue weighted by molar-refractivity contribution is 7.88. The van der Waals surface area contributed by atoms with E-state index in [0.717, 1.165) is 37.1 Å². The first-order valence-electron chi connectivity index (χ1n) is 7.85. The molecule has 1 fully saturated rings. The van der Waals surface area contributed by atoms with Gasteiger partial charge in [-0.3, -0.25) is 0 Å². The second-order valence-corrected chi connectivity index (χ2v) is 7.67. The van der Waals surface area contributed by atoms with Crippen LogP contribution in [0.25, 0.3) is 0 Å². The minimum atomic E-state index is -3.23. The first kappa shape index (κ1) is 16.5. The van der Waals surface area contributed by atoms with Gasteiger partial charge >= 0.3 is 0 Å². The molecule has 1 aliphatic carbocycles. The fraction of sp³-hybridized carbons (Fsp3) is 0.625. The maximum absolute atomic E-state index is 12.2. The van der Waals surface area contributed by atoms with Crippen molar-refractivity contribution in [1.29, 1.82) is 0 Å². The predicted octanol–water partition coefficient (Wildman–Crippen LogP) is 2.41. The van der Waals surface area contributed by atoms with Crippen molar-refractivity contribution in [1.82, 2.24) is 10.0 Å². The smallest absolute Gasteiger partial charge is 0.215 e. The Morgan fingerprint density at radius 1 is 1.19 bits per heavy atom. The van der Waals surface area contributed by atoms with E-state index in [1.165, 1.54) is 12.8 Å². The largest absolute Gasteiger partial charge is 0.313 e. The summed E-state index contributed by atoms with van der Waals surface area (Å²) in [6.07, 6.45) is 4.78. The molecule has 2 rings (SSSR count). The average molecular weight is 310 g/mol. The van der Waals surface area contributed by atoms with Crippen molar-refractivity contribution >= 4 is 10.0 Å². The highest BCUT2D eigenvalue weighted by Crippen LogP contribution is 2.24. The molecule has 0 aromatic heterocycles. The molecule has 4 nitrogen and oxygen atoms in total. The Labute approximate surface area is 128 Å². The zero-order valence-electron chi connectivity index (χ0n) is 12.8. The van der Waals surface area contributed by atoms with Gasteiger partial charge in [-0.15, -0.1) is 0 Å². The number of hydrogen-bond acceptors (Lipinski definition) is 3. The summed E-state index contributed by atoms with van der Waals surface area (Å²) in [4.78, 5) is 0. The SMILES string of the molecule is CCNCc1cccc(CS(=O)(=O)NCC2CCCC2)c1. The van der Waals surface area contributed by atoms with Crippen molar-refractivity contribution in [2.45, 2.75) is 44.9 Å². The standard InChI is InChI=1S/C16H26N2O2S/c1-2-17-11-15-8-5-9-16(10-15)13-21(19,20)18-12-14-6-3-4-7-14/h5,8-10,14,17-18H,2-4,6-7,11-13H2,1H3. The van der Waals surface area contributed by atoms with E-state index in [2.05, 4.69) is 17.0 Å². The third kappa shape index (κ3) is 5.77. The van der Waals surface area contributed by atoms with Crippen LogP contribution in [0, 0.1) is 5.92 Å². The highest BCUT2D eigenvalue weighted by Gasteiger charge is 2.18. The molecule has 0 aliphatic heterocycles. The van der Waals surface area contributed by atoms with Gasteiger partial charge in [-0.1, -0.05) is 44.0 Å². The lowest BCUT2D eigenvalue weighted by atomic mass is 10.1. The molecule has 0 unspecified atom stereocenters. The van der Waals surface area contributed by atoms with E-state index in [0.29, 0.717) is 12.5 Å². The molecule has 118 valence electrons. The van der Waals surface area contributed by atoms with Gasteiger partial charge in [-0.25, -0.2) is 13.1 Å². The Morgan fingerprint density at radius 3 is 2.62 bits per heavy atom. The van der Waals surface area contributed by atoms with Crippen LogP contribution in [0.5, 0.6) is 0 Å². The Hall–Kier alpha value is -0.910. The second-order valence-electron chi connectivity index (χ2n) is 5.86. The van der Waals surface area contributed by atoms with Crippen LogP contribution in [-0.4, -0.2) is 21.5 Å². The van der Waals surface area contributed by atoms with Crippen LogP contribution >= 0.6 is 0 Å². The number of hydrogen-bond donors (Lipinski definition) is 2. The van der Waals surface area contributed by atoms with Gasteiger partial charge in [0.1, 0.15) is 0 Å². The first-order chi connectivity index (χ1) is 10.1. The summed E-state index contributed by atoms with van der Waals surface area (Å²) in [5.41, 5.74) is 1.98. The van der Waals surface area contributed by atoms with Gasteiger partial charge in [0.25, 0.3) is 0 Å². The van der Waals surface area contributed by atoms with Crippen LogP contribution in [0.3, 0.4) is 0 Å². The Kier molecular flexibility index (Phi) is 6.21. The lowest BCUT2D eigenvalue weighted by Crippen LogP contribution is -2.29. The molecule has 5 heteroatoms. The summed E-state index contributed by atoms with van der Waals surface area (Å²) in [6, 6.07) is 7.79. The summed E-state index contributed by atoms with van der Waals surface area (Å²) in [5, 5.41) is 3.25. The maximum atomic E-state index is 12.2. The molecular formula is C16H26N2O2S. The molecule has 1 aromatic rings. The van der Waals surface area contributed by atoms with Crippen molar-refractivity contribution < 1.29 is 8.42 Å². The molecule has 1 aromatic carbocycles. The van der Waals surface area contributed by atoms with Crippen molar-refractivity contribution in [3.63, 3.8) is 0 Å². The summed E-state index contributed by atoms with van der Waals surface area (Å²) in [6.45, 7) is 4.34. The summed E-state index contributed by atoms with van der Waals surface area (Å²) >= 11 is 0.